The molecule has 0 unspecified atom stereocenters. The summed E-state index contributed by atoms with van der Waals surface area (Å²) in [6.45, 7) is 10.4. The molecule has 0 aliphatic carbocycles. The number of hydrazone groups is 1. The molecule has 10 nitrogen and oxygen atoms in total. The molecule has 0 aliphatic heterocycles. The largest absolute Gasteiger partial charge is 0.493 e. The van der Waals surface area contributed by atoms with E-state index in [0.717, 1.165) is 22.4 Å². The summed E-state index contributed by atoms with van der Waals surface area (Å²) < 4.78 is 17.3. The van der Waals surface area contributed by atoms with Crippen LogP contribution in [0.5, 0.6) is 11.5 Å². The van der Waals surface area contributed by atoms with Gasteiger partial charge in [-0.15, -0.1) is 0 Å². The van der Waals surface area contributed by atoms with Gasteiger partial charge in [-0.2, -0.15) is 5.10 Å². The lowest BCUT2D eigenvalue weighted by atomic mass is 10.1. The molecule has 0 saturated carbocycles. The summed E-state index contributed by atoms with van der Waals surface area (Å²) in [7, 11) is 1.48. The summed E-state index contributed by atoms with van der Waals surface area (Å²) in [6, 6.07) is 7.41. The van der Waals surface area contributed by atoms with Crippen LogP contribution in [0.3, 0.4) is 0 Å². The van der Waals surface area contributed by atoms with Gasteiger partial charge in [-0.1, -0.05) is 17.7 Å². The summed E-state index contributed by atoms with van der Waals surface area (Å²) in [5, 5.41) is 9.27. The quantitative estimate of drug-likeness (QED) is 0.107. The molecular formula is C27H35IN4O6. The van der Waals surface area contributed by atoms with E-state index in [0.29, 0.717) is 40.2 Å². The third-order valence-electron chi connectivity index (χ3n) is 5.18. The van der Waals surface area contributed by atoms with Gasteiger partial charge in [-0.05, 0) is 92.5 Å². The Morgan fingerprint density at radius 2 is 1.74 bits per heavy atom. The van der Waals surface area contributed by atoms with Crippen LogP contribution in [-0.2, 0) is 19.1 Å². The highest BCUT2D eigenvalue weighted by molar-refractivity contribution is 14.1. The minimum atomic E-state index is -0.877. The predicted molar refractivity (Wildman–Crippen MR) is 155 cm³/mol. The number of halogens is 1. The molecule has 206 valence electrons. The topological polar surface area (TPSA) is 127 Å². The normalized spacial score (nSPS) is 10.9. The van der Waals surface area contributed by atoms with Crippen molar-refractivity contribution in [3.8, 4) is 11.5 Å². The molecule has 0 aliphatic rings. The maximum Gasteiger partial charge on any atom is 0.329 e. The molecule has 2 rings (SSSR count). The number of hydrogen-bond donors (Lipinski definition) is 3. The Kier molecular flexibility index (Phi) is 12.5. The average Bonchev–Trinajstić information content (AvgIpc) is 2.84. The molecule has 3 amide bonds. The number of aryl methyl sites for hydroxylation is 3. The Labute approximate surface area is 237 Å². The Hall–Kier alpha value is -3.19. The van der Waals surface area contributed by atoms with Crippen molar-refractivity contribution in [1.29, 1.82) is 0 Å². The van der Waals surface area contributed by atoms with Gasteiger partial charge in [0.25, 0.3) is 5.91 Å². The first-order valence-corrected chi connectivity index (χ1v) is 13.2. The van der Waals surface area contributed by atoms with Crippen LogP contribution >= 0.6 is 22.6 Å². The Bertz CT molecular complexity index is 1160. The van der Waals surface area contributed by atoms with Gasteiger partial charge in [-0.25, -0.2) is 5.43 Å². The molecule has 2 aromatic carbocycles. The van der Waals surface area contributed by atoms with Crippen molar-refractivity contribution in [1.82, 2.24) is 10.7 Å². The van der Waals surface area contributed by atoms with E-state index in [4.69, 9.17) is 14.2 Å². The van der Waals surface area contributed by atoms with Crippen LogP contribution in [0.25, 0.3) is 0 Å². The van der Waals surface area contributed by atoms with Gasteiger partial charge in [0.15, 0.2) is 18.1 Å². The highest BCUT2D eigenvalue weighted by atomic mass is 127. The van der Waals surface area contributed by atoms with Gasteiger partial charge in [-0.3, -0.25) is 14.4 Å². The van der Waals surface area contributed by atoms with Gasteiger partial charge in [0.1, 0.15) is 0 Å². The lowest BCUT2D eigenvalue weighted by molar-refractivity contribution is -0.139. The number of rotatable bonds is 12. The van der Waals surface area contributed by atoms with E-state index < -0.39 is 11.8 Å². The third kappa shape index (κ3) is 9.93. The SMILES string of the molecule is COc1cc(/C=N\NC(=O)C(=O)NCCCOC(C)C)cc(I)c1OCC(=O)Nc1c(C)cc(C)cc1C. The molecule has 11 heteroatoms. The molecule has 38 heavy (non-hydrogen) atoms. The van der Waals surface area contributed by atoms with E-state index in [-0.39, 0.29) is 18.6 Å². The first-order chi connectivity index (χ1) is 18.0. The fourth-order valence-corrected chi connectivity index (χ4v) is 4.32. The maximum absolute atomic E-state index is 12.6. The second-order valence-corrected chi connectivity index (χ2v) is 10.0. The molecule has 0 spiro atoms. The fourth-order valence-electron chi connectivity index (χ4n) is 3.53. The van der Waals surface area contributed by atoms with E-state index in [1.165, 1.54) is 13.3 Å². The number of carbonyl (C=O) groups excluding carboxylic acids is 3. The molecule has 0 heterocycles. The molecule has 3 N–H and O–H groups in total. The molecule has 0 saturated heterocycles. The van der Waals surface area contributed by atoms with Crippen LogP contribution in [0, 0.1) is 24.3 Å². The number of amides is 3. The summed E-state index contributed by atoms with van der Waals surface area (Å²) in [5.41, 5.74) is 6.65. The van der Waals surface area contributed by atoms with Crippen LogP contribution in [0.4, 0.5) is 5.69 Å². The zero-order valence-electron chi connectivity index (χ0n) is 22.6. The van der Waals surface area contributed by atoms with Crippen molar-refractivity contribution in [2.45, 2.75) is 47.1 Å². The van der Waals surface area contributed by atoms with Crippen molar-refractivity contribution in [2.24, 2.45) is 5.10 Å². The smallest absolute Gasteiger partial charge is 0.329 e. The van der Waals surface area contributed by atoms with E-state index in [2.05, 4.69) is 43.8 Å². The summed E-state index contributed by atoms with van der Waals surface area (Å²) in [5.74, 6) is -1.16. The summed E-state index contributed by atoms with van der Waals surface area (Å²) in [4.78, 5) is 36.4. The van der Waals surface area contributed by atoms with Gasteiger partial charge in [0.05, 0.1) is 23.0 Å². The summed E-state index contributed by atoms with van der Waals surface area (Å²) >= 11 is 2.06. The number of ether oxygens (including phenoxy) is 3. The Morgan fingerprint density at radius 1 is 1.05 bits per heavy atom. The van der Waals surface area contributed by atoms with E-state index >= 15 is 0 Å². The number of nitrogens with one attached hydrogen (secondary N) is 3. The monoisotopic (exact) mass is 638 g/mol. The first-order valence-electron chi connectivity index (χ1n) is 12.1. The van der Waals surface area contributed by atoms with Crippen molar-refractivity contribution in [3.05, 3.63) is 50.1 Å². The minimum absolute atomic E-state index is 0.114. The highest BCUT2D eigenvalue weighted by Gasteiger charge is 2.15. The van der Waals surface area contributed by atoms with Crippen LogP contribution in [0.15, 0.2) is 29.4 Å². The van der Waals surface area contributed by atoms with Crippen molar-refractivity contribution < 1.29 is 28.6 Å². The zero-order chi connectivity index (χ0) is 28.2. The second kappa shape index (κ2) is 15.3. The molecule has 0 aromatic heterocycles. The second-order valence-electron chi connectivity index (χ2n) is 8.87. The van der Waals surface area contributed by atoms with E-state index in [9.17, 15) is 14.4 Å². The van der Waals surface area contributed by atoms with Gasteiger partial charge >= 0.3 is 11.8 Å². The van der Waals surface area contributed by atoms with Crippen molar-refractivity contribution in [2.75, 3.05) is 32.2 Å². The molecule has 0 fully saturated rings. The minimum Gasteiger partial charge on any atom is -0.493 e. The number of benzene rings is 2. The summed E-state index contributed by atoms with van der Waals surface area (Å²) in [6.07, 6.45) is 2.09. The van der Waals surface area contributed by atoms with Crippen molar-refractivity contribution >= 4 is 52.2 Å². The van der Waals surface area contributed by atoms with E-state index in [1.54, 1.807) is 12.1 Å². The average molecular weight is 639 g/mol. The van der Waals surface area contributed by atoms with Crippen molar-refractivity contribution in [3.63, 3.8) is 0 Å². The van der Waals surface area contributed by atoms with Crippen LogP contribution in [-0.4, -0.2) is 56.9 Å². The molecule has 0 radical (unpaired) electrons. The molecular weight excluding hydrogens is 603 g/mol. The third-order valence-corrected chi connectivity index (χ3v) is 5.99. The molecule has 0 atom stereocenters. The van der Waals surface area contributed by atoms with Gasteiger partial charge in [0, 0.05) is 18.8 Å². The predicted octanol–water partition coefficient (Wildman–Crippen LogP) is 3.62. The van der Waals surface area contributed by atoms with Crippen LogP contribution in [0.1, 0.15) is 42.5 Å². The standard InChI is InChI=1S/C27H35IN4O6/c1-16(2)37-9-7-8-29-26(34)27(35)32-30-14-20-12-21(28)25(22(13-20)36-6)38-15-23(33)31-24-18(4)10-17(3)11-19(24)5/h10-14,16H,7-9,15H2,1-6H3,(H,29,34)(H,31,33)(H,32,35)/b30-14-. The number of methoxy groups -OCH3 is 1. The number of hydrogen-bond acceptors (Lipinski definition) is 7. The Morgan fingerprint density at radius 3 is 2.37 bits per heavy atom. The van der Waals surface area contributed by atoms with Crippen LogP contribution < -0.4 is 25.5 Å². The fraction of sp³-hybridized carbons (Fsp3) is 0.407. The highest BCUT2D eigenvalue weighted by Crippen LogP contribution is 2.33. The lowest BCUT2D eigenvalue weighted by Crippen LogP contribution is -2.38. The van der Waals surface area contributed by atoms with Gasteiger partial charge < -0.3 is 24.8 Å². The van der Waals surface area contributed by atoms with E-state index in [1.807, 2.05) is 46.8 Å². The number of nitrogens with zero attached hydrogens (tertiary/aromatic N) is 1. The molecule has 0 bridgehead atoms. The van der Waals surface area contributed by atoms with Gasteiger partial charge in [0.2, 0.25) is 0 Å². The zero-order valence-corrected chi connectivity index (χ0v) is 24.7. The van der Waals surface area contributed by atoms with Crippen LogP contribution in [0.2, 0.25) is 0 Å². The maximum atomic E-state index is 12.6. The number of anilines is 1. The molecule has 2 aromatic rings. The number of carbonyl (C=O) groups is 3. The first kappa shape index (κ1) is 31.0. The Balaban J connectivity index is 1.93. The lowest BCUT2D eigenvalue weighted by Gasteiger charge is -2.15.